The van der Waals surface area contributed by atoms with E-state index in [0.717, 1.165) is 22.4 Å². The van der Waals surface area contributed by atoms with Crippen LogP contribution in [0.25, 0.3) is 0 Å². The summed E-state index contributed by atoms with van der Waals surface area (Å²) in [4.78, 5) is 29.9. The van der Waals surface area contributed by atoms with Gasteiger partial charge in [-0.25, -0.2) is 0 Å². The van der Waals surface area contributed by atoms with Crippen molar-refractivity contribution in [2.45, 2.75) is 31.3 Å². The molecule has 3 aliphatic heterocycles. The van der Waals surface area contributed by atoms with E-state index in [4.69, 9.17) is 4.74 Å². The number of fused-ring (bicyclic) bond motifs is 6. The number of rotatable bonds is 1. The number of carbonyl (C=O) groups excluding carboxylic acids is 2. The molecular formula is C27H24N2O3. The van der Waals surface area contributed by atoms with E-state index in [0.29, 0.717) is 17.9 Å². The molecule has 3 aliphatic rings. The predicted molar refractivity (Wildman–Crippen MR) is 122 cm³/mol. The van der Waals surface area contributed by atoms with E-state index < -0.39 is 5.54 Å². The topological polar surface area (TPSA) is 58.6 Å². The maximum Gasteiger partial charge on any atom is 0.257 e. The summed E-state index contributed by atoms with van der Waals surface area (Å²) in [6.45, 7) is 4.33. The number of nitrogens with zero attached hydrogens (tertiary/aromatic N) is 1. The fraction of sp³-hybridized carbons (Fsp3) is 0.259. The molecule has 3 aromatic rings. The number of benzene rings is 3. The highest BCUT2D eigenvalue weighted by Crippen LogP contribution is 2.59. The zero-order valence-corrected chi connectivity index (χ0v) is 18.0. The highest BCUT2D eigenvalue weighted by Gasteiger charge is 2.65. The summed E-state index contributed by atoms with van der Waals surface area (Å²) in [7, 11) is 0. The molecule has 4 atom stereocenters. The molecule has 3 aromatic carbocycles. The minimum atomic E-state index is -1.07. The second-order valence-electron chi connectivity index (χ2n) is 9.17. The van der Waals surface area contributed by atoms with Crippen LogP contribution in [-0.2, 0) is 4.79 Å². The zero-order valence-electron chi connectivity index (χ0n) is 18.0. The third-order valence-corrected chi connectivity index (χ3v) is 7.38. The van der Waals surface area contributed by atoms with Crippen LogP contribution in [0.5, 0.6) is 5.75 Å². The van der Waals surface area contributed by atoms with Crippen molar-refractivity contribution < 1.29 is 14.3 Å². The standard InChI is InChI=1S/C27H24N2O3/c1-16-12-13-18-21(14-16)28-26(31)27(2)23(17-8-4-3-5-9-17)20-15-32-22-11-7-6-10-19(22)24(20)29(27)25(18)30/h3-14,20,23-24H,15H2,1-2H3,(H,28,31)/t20?,23?,24?,27-/m1/s1. The van der Waals surface area contributed by atoms with Crippen LogP contribution in [0.3, 0.4) is 0 Å². The van der Waals surface area contributed by atoms with Gasteiger partial charge in [-0.15, -0.1) is 0 Å². The molecule has 1 saturated heterocycles. The Labute approximate surface area is 187 Å². The van der Waals surface area contributed by atoms with Crippen molar-refractivity contribution in [3.63, 3.8) is 0 Å². The first kappa shape index (κ1) is 19.1. The number of anilines is 1. The number of para-hydroxylation sites is 1. The third kappa shape index (κ3) is 2.45. The van der Waals surface area contributed by atoms with E-state index in [1.165, 1.54) is 0 Å². The molecule has 0 aliphatic carbocycles. The van der Waals surface area contributed by atoms with Crippen molar-refractivity contribution >= 4 is 17.5 Å². The van der Waals surface area contributed by atoms with Gasteiger partial charge in [0, 0.05) is 17.4 Å². The highest BCUT2D eigenvalue weighted by atomic mass is 16.5. The van der Waals surface area contributed by atoms with Crippen LogP contribution < -0.4 is 10.1 Å². The predicted octanol–water partition coefficient (Wildman–Crippen LogP) is 4.70. The van der Waals surface area contributed by atoms with Crippen molar-refractivity contribution in [1.82, 2.24) is 4.90 Å². The lowest BCUT2D eigenvalue weighted by Crippen LogP contribution is -2.54. The molecule has 2 amide bonds. The Morgan fingerprint density at radius 3 is 2.56 bits per heavy atom. The zero-order chi connectivity index (χ0) is 22.0. The van der Waals surface area contributed by atoms with Crippen LogP contribution in [0.4, 0.5) is 5.69 Å². The van der Waals surface area contributed by atoms with Crippen molar-refractivity contribution in [3.8, 4) is 5.75 Å². The molecule has 0 saturated carbocycles. The van der Waals surface area contributed by atoms with Crippen molar-refractivity contribution in [3.05, 3.63) is 95.1 Å². The van der Waals surface area contributed by atoms with E-state index >= 15 is 0 Å². The minimum absolute atomic E-state index is 0.0426. The second-order valence-corrected chi connectivity index (χ2v) is 9.17. The maximum atomic E-state index is 14.1. The number of nitrogens with one attached hydrogen (secondary N) is 1. The average molecular weight is 425 g/mol. The molecule has 1 fully saturated rings. The van der Waals surface area contributed by atoms with Crippen LogP contribution in [0.1, 0.15) is 45.9 Å². The number of ether oxygens (including phenoxy) is 1. The molecule has 6 rings (SSSR count). The Kier molecular flexibility index (Phi) is 4.00. The average Bonchev–Trinajstić information content (AvgIpc) is 3.05. The van der Waals surface area contributed by atoms with Gasteiger partial charge in [-0.1, -0.05) is 54.6 Å². The van der Waals surface area contributed by atoms with E-state index in [1.54, 1.807) is 0 Å². The van der Waals surface area contributed by atoms with E-state index in [9.17, 15) is 9.59 Å². The monoisotopic (exact) mass is 424 g/mol. The summed E-state index contributed by atoms with van der Waals surface area (Å²) < 4.78 is 6.16. The van der Waals surface area contributed by atoms with Crippen LogP contribution in [0, 0.1) is 12.8 Å². The third-order valence-electron chi connectivity index (χ3n) is 7.38. The Balaban J connectivity index is 1.63. The van der Waals surface area contributed by atoms with Gasteiger partial charge in [0.25, 0.3) is 11.8 Å². The Bertz CT molecular complexity index is 1250. The van der Waals surface area contributed by atoms with Gasteiger partial charge >= 0.3 is 0 Å². The van der Waals surface area contributed by atoms with Gasteiger partial charge in [0.05, 0.1) is 23.9 Å². The lowest BCUT2D eigenvalue weighted by molar-refractivity contribution is -0.125. The van der Waals surface area contributed by atoms with Gasteiger partial charge in [0.2, 0.25) is 0 Å². The molecule has 0 aromatic heterocycles. The van der Waals surface area contributed by atoms with Gasteiger partial charge in [0.15, 0.2) is 0 Å². The largest absolute Gasteiger partial charge is 0.493 e. The van der Waals surface area contributed by atoms with Gasteiger partial charge in [0.1, 0.15) is 11.3 Å². The van der Waals surface area contributed by atoms with E-state index in [2.05, 4.69) is 17.4 Å². The fourth-order valence-corrected chi connectivity index (χ4v) is 5.98. The first-order valence-electron chi connectivity index (χ1n) is 11.0. The molecular weight excluding hydrogens is 400 g/mol. The van der Waals surface area contributed by atoms with Gasteiger partial charge in [-0.3, -0.25) is 9.59 Å². The Morgan fingerprint density at radius 2 is 1.75 bits per heavy atom. The van der Waals surface area contributed by atoms with Gasteiger partial charge in [-0.05, 0) is 43.2 Å². The first-order valence-corrected chi connectivity index (χ1v) is 11.0. The van der Waals surface area contributed by atoms with E-state index in [-0.39, 0.29) is 29.7 Å². The second kappa shape index (κ2) is 6.70. The summed E-state index contributed by atoms with van der Waals surface area (Å²) in [6.07, 6.45) is 0. The molecule has 32 heavy (non-hydrogen) atoms. The molecule has 0 spiro atoms. The van der Waals surface area contributed by atoms with Crippen molar-refractivity contribution in [1.29, 1.82) is 0 Å². The van der Waals surface area contributed by atoms with Gasteiger partial charge < -0.3 is 15.0 Å². The van der Waals surface area contributed by atoms with Crippen LogP contribution in [0.15, 0.2) is 72.8 Å². The fourth-order valence-electron chi connectivity index (χ4n) is 5.98. The van der Waals surface area contributed by atoms with Crippen LogP contribution >= 0.6 is 0 Å². The lowest BCUT2D eigenvalue weighted by atomic mass is 9.73. The number of hydrogen-bond acceptors (Lipinski definition) is 3. The molecule has 3 heterocycles. The number of aryl methyl sites for hydroxylation is 1. The minimum Gasteiger partial charge on any atom is -0.493 e. The SMILES string of the molecule is Cc1ccc2c(c1)NC(=O)[C@@]1(C)C(c3ccccc3)C3COc4ccccc4C3N1C2=O. The molecule has 160 valence electrons. The van der Waals surface area contributed by atoms with Crippen LogP contribution in [0.2, 0.25) is 0 Å². The Morgan fingerprint density at radius 1 is 1.00 bits per heavy atom. The Hall–Kier alpha value is -3.60. The van der Waals surface area contributed by atoms with Crippen molar-refractivity contribution in [2.24, 2.45) is 5.92 Å². The molecule has 1 N–H and O–H groups in total. The molecule has 5 heteroatoms. The summed E-state index contributed by atoms with van der Waals surface area (Å²) >= 11 is 0. The van der Waals surface area contributed by atoms with Gasteiger partial charge in [-0.2, -0.15) is 0 Å². The van der Waals surface area contributed by atoms with E-state index in [1.807, 2.05) is 79.4 Å². The number of carbonyl (C=O) groups is 2. The highest BCUT2D eigenvalue weighted by molar-refractivity contribution is 6.12. The smallest absolute Gasteiger partial charge is 0.257 e. The number of amides is 2. The molecule has 0 bridgehead atoms. The summed E-state index contributed by atoms with van der Waals surface area (Å²) in [6, 6.07) is 23.3. The number of hydrogen-bond donors (Lipinski definition) is 1. The lowest BCUT2D eigenvalue weighted by Gasteiger charge is -2.38. The normalized spacial score (nSPS) is 27.9. The maximum absolute atomic E-state index is 14.1. The quantitative estimate of drug-likeness (QED) is 0.616. The van der Waals surface area contributed by atoms with Crippen LogP contribution in [-0.4, -0.2) is 28.9 Å². The van der Waals surface area contributed by atoms with Crippen molar-refractivity contribution in [2.75, 3.05) is 11.9 Å². The molecule has 3 unspecified atom stereocenters. The molecule has 5 nitrogen and oxygen atoms in total. The molecule has 0 radical (unpaired) electrons. The summed E-state index contributed by atoms with van der Waals surface area (Å²) in [5.41, 5.74) is 3.05. The first-order chi connectivity index (χ1) is 15.5. The summed E-state index contributed by atoms with van der Waals surface area (Å²) in [5.74, 6) is 0.258. The summed E-state index contributed by atoms with van der Waals surface area (Å²) in [5, 5.41) is 3.10.